The highest BCUT2D eigenvalue weighted by molar-refractivity contribution is 7.12. The number of hydrogen-bond acceptors (Lipinski definition) is 2. The van der Waals surface area contributed by atoms with E-state index in [1.54, 1.807) is 11.3 Å². The quantitative estimate of drug-likeness (QED) is 0.789. The van der Waals surface area contributed by atoms with Gasteiger partial charge < -0.3 is 4.90 Å². The summed E-state index contributed by atoms with van der Waals surface area (Å²) in [5, 5.41) is 1.97. The molecule has 0 aromatic carbocycles. The standard InChI is InChI=1S/C13H19NOS/c1-2-4-11-6-8-14(9-7-11)13(15)12-5-3-10-16-12/h3,5,10-11H,2,4,6-9H2,1H3. The molecule has 2 nitrogen and oxygen atoms in total. The van der Waals surface area contributed by atoms with Crippen molar-refractivity contribution in [3.05, 3.63) is 22.4 Å². The first-order chi connectivity index (χ1) is 7.81. The second kappa shape index (κ2) is 5.48. The Hall–Kier alpha value is -0.830. The summed E-state index contributed by atoms with van der Waals surface area (Å²) in [6.45, 7) is 4.13. The molecule has 1 fully saturated rings. The molecule has 0 spiro atoms. The zero-order valence-electron chi connectivity index (χ0n) is 9.82. The number of nitrogens with zero attached hydrogens (tertiary/aromatic N) is 1. The number of thiophene rings is 1. The van der Waals surface area contributed by atoms with Gasteiger partial charge in [0.2, 0.25) is 0 Å². The van der Waals surface area contributed by atoms with Gasteiger partial charge in [-0.3, -0.25) is 4.79 Å². The van der Waals surface area contributed by atoms with Gasteiger partial charge in [-0.25, -0.2) is 0 Å². The van der Waals surface area contributed by atoms with Crippen LogP contribution in [0.4, 0.5) is 0 Å². The van der Waals surface area contributed by atoms with Crippen molar-refractivity contribution in [2.75, 3.05) is 13.1 Å². The van der Waals surface area contributed by atoms with Crippen molar-refractivity contribution in [3.63, 3.8) is 0 Å². The number of carbonyl (C=O) groups excluding carboxylic acids is 1. The number of hydrogen-bond donors (Lipinski definition) is 0. The largest absolute Gasteiger partial charge is 0.338 e. The lowest BCUT2D eigenvalue weighted by atomic mass is 9.92. The number of piperidine rings is 1. The van der Waals surface area contributed by atoms with Gasteiger partial charge >= 0.3 is 0 Å². The third kappa shape index (κ3) is 2.64. The van der Waals surface area contributed by atoms with E-state index >= 15 is 0 Å². The zero-order chi connectivity index (χ0) is 11.4. The summed E-state index contributed by atoms with van der Waals surface area (Å²) in [5.41, 5.74) is 0. The third-order valence-corrected chi connectivity index (χ3v) is 4.19. The lowest BCUT2D eigenvalue weighted by Gasteiger charge is -2.31. The highest BCUT2D eigenvalue weighted by Crippen LogP contribution is 2.23. The molecule has 2 heterocycles. The molecule has 0 radical (unpaired) electrons. The Morgan fingerprint density at radius 3 is 2.81 bits per heavy atom. The minimum absolute atomic E-state index is 0.227. The summed E-state index contributed by atoms with van der Waals surface area (Å²) in [6.07, 6.45) is 4.96. The maximum atomic E-state index is 12.1. The van der Waals surface area contributed by atoms with Crippen LogP contribution < -0.4 is 0 Å². The molecule has 1 aromatic rings. The predicted octanol–water partition coefficient (Wildman–Crippen LogP) is 3.40. The molecule has 0 N–H and O–H groups in total. The average Bonchev–Trinajstić information content (AvgIpc) is 2.83. The van der Waals surface area contributed by atoms with Crippen LogP contribution in [0.5, 0.6) is 0 Å². The molecule has 0 bridgehead atoms. The van der Waals surface area contributed by atoms with Gasteiger partial charge in [0.25, 0.3) is 5.91 Å². The van der Waals surface area contributed by atoms with E-state index < -0.39 is 0 Å². The molecule has 0 saturated carbocycles. The van der Waals surface area contributed by atoms with Crippen LogP contribution in [0, 0.1) is 5.92 Å². The van der Waals surface area contributed by atoms with Gasteiger partial charge in [0.05, 0.1) is 4.88 Å². The van der Waals surface area contributed by atoms with Crippen molar-refractivity contribution in [2.24, 2.45) is 5.92 Å². The minimum Gasteiger partial charge on any atom is -0.338 e. The van der Waals surface area contributed by atoms with E-state index in [9.17, 15) is 4.79 Å². The van der Waals surface area contributed by atoms with Crippen molar-refractivity contribution in [1.82, 2.24) is 4.90 Å². The maximum absolute atomic E-state index is 12.1. The van der Waals surface area contributed by atoms with Crippen LogP contribution in [0.3, 0.4) is 0 Å². The predicted molar refractivity (Wildman–Crippen MR) is 67.9 cm³/mol. The summed E-state index contributed by atoms with van der Waals surface area (Å²) in [7, 11) is 0. The molecular formula is C13H19NOS. The monoisotopic (exact) mass is 237 g/mol. The second-order valence-electron chi connectivity index (χ2n) is 4.50. The molecule has 1 saturated heterocycles. The van der Waals surface area contributed by atoms with E-state index in [0.717, 1.165) is 23.9 Å². The summed E-state index contributed by atoms with van der Waals surface area (Å²) < 4.78 is 0. The SMILES string of the molecule is CCCC1CCN(C(=O)c2cccs2)CC1. The van der Waals surface area contributed by atoms with Crippen molar-refractivity contribution in [3.8, 4) is 0 Å². The maximum Gasteiger partial charge on any atom is 0.263 e. The Kier molecular flexibility index (Phi) is 3.99. The normalized spacial score (nSPS) is 17.7. The summed E-state index contributed by atoms with van der Waals surface area (Å²) in [6, 6.07) is 3.87. The Balaban J connectivity index is 1.87. The Labute approximate surface area is 101 Å². The minimum atomic E-state index is 0.227. The Morgan fingerprint density at radius 1 is 1.50 bits per heavy atom. The highest BCUT2D eigenvalue weighted by atomic mass is 32.1. The molecule has 16 heavy (non-hydrogen) atoms. The van der Waals surface area contributed by atoms with Crippen molar-refractivity contribution >= 4 is 17.2 Å². The van der Waals surface area contributed by atoms with E-state index in [4.69, 9.17) is 0 Å². The summed E-state index contributed by atoms with van der Waals surface area (Å²) in [4.78, 5) is 15.0. The van der Waals surface area contributed by atoms with E-state index in [-0.39, 0.29) is 5.91 Å². The van der Waals surface area contributed by atoms with E-state index in [2.05, 4.69) is 6.92 Å². The Bertz CT molecular complexity index is 326. The molecular weight excluding hydrogens is 218 g/mol. The molecule has 0 unspecified atom stereocenters. The van der Waals surface area contributed by atoms with Gasteiger partial charge in [-0.2, -0.15) is 0 Å². The molecule has 1 aliphatic rings. The van der Waals surface area contributed by atoms with Gasteiger partial charge in [0.1, 0.15) is 0 Å². The lowest BCUT2D eigenvalue weighted by molar-refractivity contribution is 0.0691. The second-order valence-corrected chi connectivity index (χ2v) is 5.45. The van der Waals surface area contributed by atoms with E-state index in [0.29, 0.717) is 0 Å². The van der Waals surface area contributed by atoms with Gasteiger partial charge in [-0.15, -0.1) is 11.3 Å². The van der Waals surface area contributed by atoms with Crippen LogP contribution in [-0.2, 0) is 0 Å². The van der Waals surface area contributed by atoms with Crippen molar-refractivity contribution in [2.45, 2.75) is 32.6 Å². The first-order valence-electron chi connectivity index (χ1n) is 6.14. The number of likely N-dealkylation sites (tertiary alicyclic amines) is 1. The number of amides is 1. The van der Waals surface area contributed by atoms with Crippen LogP contribution in [-0.4, -0.2) is 23.9 Å². The fourth-order valence-corrected chi connectivity index (χ4v) is 3.08. The topological polar surface area (TPSA) is 20.3 Å². The molecule has 88 valence electrons. The van der Waals surface area contributed by atoms with Crippen LogP contribution >= 0.6 is 11.3 Å². The summed E-state index contributed by atoms with van der Waals surface area (Å²) in [5.74, 6) is 1.07. The highest BCUT2D eigenvalue weighted by Gasteiger charge is 2.23. The third-order valence-electron chi connectivity index (χ3n) is 3.33. The smallest absolute Gasteiger partial charge is 0.263 e. The molecule has 1 aliphatic heterocycles. The van der Waals surface area contributed by atoms with Crippen LogP contribution in [0.25, 0.3) is 0 Å². The van der Waals surface area contributed by atoms with Crippen molar-refractivity contribution < 1.29 is 4.79 Å². The molecule has 3 heteroatoms. The average molecular weight is 237 g/mol. The zero-order valence-corrected chi connectivity index (χ0v) is 10.6. The van der Waals surface area contributed by atoms with Gasteiger partial charge in [-0.1, -0.05) is 25.8 Å². The fraction of sp³-hybridized carbons (Fsp3) is 0.615. The molecule has 1 amide bonds. The van der Waals surface area contributed by atoms with Gasteiger partial charge in [0, 0.05) is 13.1 Å². The number of carbonyl (C=O) groups is 1. The fourth-order valence-electron chi connectivity index (χ4n) is 2.39. The summed E-state index contributed by atoms with van der Waals surface area (Å²) >= 11 is 1.54. The lowest BCUT2D eigenvalue weighted by Crippen LogP contribution is -2.38. The van der Waals surface area contributed by atoms with E-state index in [1.807, 2.05) is 22.4 Å². The number of rotatable bonds is 3. The van der Waals surface area contributed by atoms with Gasteiger partial charge in [0.15, 0.2) is 0 Å². The Morgan fingerprint density at radius 2 is 2.25 bits per heavy atom. The molecule has 0 atom stereocenters. The first-order valence-corrected chi connectivity index (χ1v) is 7.02. The molecule has 2 rings (SSSR count). The molecule has 0 aliphatic carbocycles. The van der Waals surface area contributed by atoms with Crippen molar-refractivity contribution in [1.29, 1.82) is 0 Å². The first kappa shape index (κ1) is 11.6. The van der Waals surface area contributed by atoms with Crippen LogP contribution in [0.2, 0.25) is 0 Å². The van der Waals surface area contributed by atoms with E-state index in [1.165, 1.54) is 25.7 Å². The van der Waals surface area contributed by atoms with Crippen LogP contribution in [0.1, 0.15) is 42.3 Å². The molecule has 1 aromatic heterocycles. The van der Waals surface area contributed by atoms with Crippen LogP contribution in [0.15, 0.2) is 17.5 Å². The van der Waals surface area contributed by atoms with Gasteiger partial charge in [-0.05, 0) is 30.2 Å².